The van der Waals surface area contributed by atoms with Gasteiger partial charge in [0.25, 0.3) is 0 Å². The van der Waals surface area contributed by atoms with Crippen LogP contribution >= 0.6 is 0 Å². The lowest BCUT2D eigenvalue weighted by atomic mass is 9.84. The zero-order valence-corrected chi connectivity index (χ0v) is 12.4. The van der Waals surface area contributed by atoms with E-state index >= 15 is 0 Å². The molecular formula is C14H20O3S. The van der Waals surface area contributed by atoms with Gasteiger partial charge < -0.3 is 9.29 Å². The maximum absolute atomic E-state index is 11.4. The Hall–Kier alpha value is -0.870. The van der Waals surface area contributed by atoms with E-state index < -0.39 is 11.1 Å². The van der Waals surface area contributed by atoms with E-state index in [0.717, 1.165) is 28.9 Å². The highest BCUT2D eigenvalue weighted by Gasteiger charge is 2.33. The second-order valence-electron chi connectivity index (χ2n) is 5.76. The normalized spacial score (nSPS) is 23.1. The van der Waals surface area contributed by atoms with E-state index in [-0.39, 0.29) is 5.60 Å². The van der Waals surface area contributed by atoms with E-state index in [1.807, 2.05) is 19.9 Å². The zero-order chi connectivity index (χ0) is 13.7. The van der Waals surface area contributed by atoms with Crippen LogP contribution in [0.2, 0.25) is 0 Å². The molecule has 0 fully saturated rings. The Morgan fingerprint density at radius 3 is 2.56 bits per heavy atom. The number of hydrogen-bond donors (Lipinski definition) is 1. The molecule has 3 nitrogen and oxygen atoms in total. The molecule has 1 aliphatic heterocycles. The summed E-state index contributed by atoms with van der Waals surface area (Å²) in [4.78, 5) is 0.501. The first-order valence-corrected chi connectivity index (χ1v) is 7.27. The highest BCUT2D eigenvalue weighted by atomic mass is 32.2. The summed E-state index contributed by atoms with van der Waals surface area (Å²) in [6.45, 7) is 10.1. The fraction of sp³-hybridized carbons (Fsp3) is 0.571. The first-order chi connectivity index (χ1) is 8.23. The number of benzene rings is 1. The second-order valence-corrected chi connectivity index (χ2v) is 6.70. The summed E-state index contributed by atoms with van der Waals surface area (Å²) >= 11 is -1.94. The van der Waals surface area contributed by atoms with Crippen LogP contribution in [-0.2, 0) is 11.1 Å². The summed E-state index contributed by atoms with van der Waals surface area (Å²) in [5, 5.41) is 0. The Labute approximate surface area is 111 Å². The Balaban J connectivity index is 2.66. The van der Waals surface area contributed by atoms with Gasteiger partial charge in [-0.3, -0.25) is 0 Å². The Morgan fingerprint density at radius 1 is 1.39 bits per heavy atom. The van der Waals surface area contributed by atoms with E-state index in [9.17, 15) is 8.76 Å². The molecule has 2 unspecified atom stereocenters. The van der Waals surface area contributed by atoms with Crippen molar-refractivity contribution in [1.29, 1.82) is 0 Å². The lowest BCUT2D eigenvalue weighted by Crippen LogP contribution is -2.34. The van der Waals surface area contributed by atoms with Gasteiger partial charge in [-0.25, -0.2) is 4.21 Å². The third-order valence-corrected chi connectivity index (χ3v) is 4.52. The smallest absolute Gasteiger partial charge is 0.186 e. The van der Waals surface area contributed by atoms with Crippen LogP contribution in [0.5, 0.6) is 5.75 Å². The molecule has 1 aliphatic rings. The van der Waals surface area contributed by atoms with Gasteiger partial charge >= 0.3 is 0 Å². The molecule has 2 rings (SSSR count). The van der Waals surface area contributed by atoms with E-state index in [1.54, 1.807) is 0 Å². The SMILES string of the molecule is Cc1c(S(=O)O)cc2c(c1C)OC(C)(C)CC2C. The fourth-order valence-electron chi connectivity index (χ4n) is 2.73. The molecule has 0 amide bonds. The van der Waals surface area contributed by atoms with Gasteiger partial charge in [0, 0.05) is 0 Å². The minimum atomic E-state index is -1.94. The van der Waals surface area contributed by atoms with E-state index in [1.165, 1.54) is 0 Å². The Kier molecular flexibility index (Phi) is 3.28. The molecule has 0 spiro atoms. The van der Waals surface area contributed by atoms with Gasteiger partial charge in [0.05, 0.1) is 4.90 Å². The molecule has 0 aliphatic carbocycles. The molecule has 4 heteroatoms. The van der Waals surface area contributed by atoms with Crippen molar-refractivity contribution in [1.82, 2.24) is 0 Å². The molecule has 18 heavy (non-hydrogen) atoms. The molecule has 0 bridgehead atoms. The molecule has 0 aromatic heterocycles. The van der Waals surface area contributed by atoms with Crippen molar-refractivity contribution in [3.8, 4) is 5.75 Å². The quantitative estimate of drug-likeness (QED) is 0.792. The predicted molar refractivity (Wildman–Crippen MR) is 72.7 cm³/mol. The third-order valence-electron chi connectivity index (χ3n) is 3.72. The second kappa shape index (κ2) is 4.35. The lowest BCUT2D eigenvalue weighted by Gasteiger charge is -2.37. The van der Waals surface area contributed by atoms with Gasteiger partial charge in [0.15, 0.2) is 11.1 Å². The number of ether oxygens (including phenoxy) is 1. The van der Waals surface area contributed by atoms with Crippen LogP contribution in [-0.4, -0.2) is 14.4 Å². The van der Waals surface area contributed by atoms with Gasteiger partial charge in [0.2, 0.25) is 0 Å². The maximum Gasteiger partial charge on any atom is 0.186 e. The lowest BCUT2D eigenvalue weighted by molar-refractivity contribution is 0.0734. The number of fused-ring (bicyclic) bond motifs is 1. The van der Waals surface area contributed by atoms with E-state index in [4.69, 9.17) is 4.74 Å². The molecule has 1 aromatic carbocycles. The van der Waals surface area contributed by atoms with Crippen LogP contribution in [0, 0.1) is 13.8 Å². The van der Waals surface area contributed by atoms with Crippen LogP contribution in [0.4, 0.5) is 0 Å². The number of hydrogen-bond acceptors (Lipinski definition) is 2. The standard InChI is InChI=1S/C14H20O3S/c1-8-7-14(4,5)17-13-10(3)9(2)12(18(15)16)6-11(8)13/h6,8H,7H2,1-5H3,(H,15,16). The molecule has 100 valence electrons. The van der Waals surface area contributed by atoms with Crippen molar-refractivity contribution in [2.24, 2.45) is 0 Å². The summed E-state index contributed by atoms with van der Waals surface area (Å²) in [7, 11) is 0. The van der Waals surface area contributed by atoms with Crippen molar-refractivity contribution >= 4 is 11.1 Å². The van der Waals surface area contributed by atoms with Gasteiger partial charge in [0.1, 0.15) is 11.4 Å². The average molecular weight is 268 g/mol. The highest BCUT2D eigenvalue weighted by Crippen LogP contribution is 2.44. The van der Waals surface area contributed by atoms with E-state index in [0.29, 0.717) is 10.8 Å². The molecule has 1 heterocycles. The summed E-state index contributed by atoms with van der Waals surface area (Å²) in [6.07, 6.45) is 0.917. The van der Waals surface area contributed by atoms with Crippen LogP contribution in [0.25, 0.3) is 0 Å². The van der Waals surface area contributed by atoms with Crippen LogP contribution < -0.4 is 4.74 Å². The topological polar surface area (TPSA) is 46.5 Å². The zero-order valence-electron chi connectivity index (χ0n) is 11.5. The first-order valence-electron chi connectivity index (χ1n) is 6.17. The third kappa shape index (κ3) is 2.19. The van der Waals surface area contributed by atoms with Crippen LogP contribution in [0.3, 0.4) is 0 Å². The molecule has 0 saturated heterocycles. The van der Waals surface area contributed by atoms with E-state index in [2.05, 4.69) is 20.8 Å². The summed E-state index contributed by atoms with van der Waals surface area (Å²) in [6, 6.07) is 1.83. The first kappa shape index (κ1) is 13.6. The van der Waals surface area contributed by atoms with Crippen LogP contribution in [0.1, 0.15) is 49.8 Å². The molecule has 1 aromatic rings. The maximum atomic E-state index is 11.4. The highest BCUT2D eigenvalue weighted by molar-refractivity contribution is 7.79. The van der Waals surface area contributed by atoms with Gasteiger partial charge in [-0.15, -0.1) is 0 Å². The van der Waals surface area contributed by atoms with Crippen molar-refractivity contribution < 1.29 is 13.5 Å². The number of rotatable bonds is 1. The molecular weight excluding hydrogens is 248 g/mol. The minimum Gasteiger partial charge on any atom is -0.487 e. The monoisotopic (exact) mass is 268 g/mol. The minimum absolute atomic E-state index is 0.177. The fourth-order valence-corrected chi connectivity index (χ4v) is 3.38. The Morgan fingerprint density at radius 2 is 2.00 bits per heavy atom. The summed E-state index contributed by atoms with van der Waals surface area (Å²) < 4.78 is 26.8. The largest absolute Gasteiger partial charge is 0.487 e. The summed E-state index contributed by atoms with van der Waals surface area (Å²) in [5.74, 6) is 1.23. The molecule has 1 N–H and O–H groups in total. The van der Waals surface area contributed by atoms with Crippen molar-refractivity contribution in [2.75, 3.05) is 0 Å². The van der Waals surface area contributed by atoms with Crippen LogP contribution in [0.15, 0.2) is 11.0 Å². The molecule has 2 atom stereocenters. The van der Waals surface area contributed by atoms with Crippen molar-refractivity contribution in [2.45, 2.75) is 57.5 Å². The van der Waals surface area contributed by atoms with Crippen molar-refractivity contribution in [3.63, 3.8) is 0 Å². The van der Waals surface area contributed by atoms with Gasteiger partial charge in [-0.05, 0) is 62.8 Å². The molecule has 0 saturated carbocycles. The van der Waals surface area contributed by atoms with Gasteiger partial charge in [-0.2, -0.15) is 0 Å². The van der Waals surface area contributed by atoms with Crippen molar-refractivity contribution in [3.05, 3.63) is 22.8 Å². The predicted octanol–water partition coefficient (Wildman–Crippen LogP) is 3.55. The average Bonchev–Trinajstić information content (AvgIpc) is 2.22. The van der Waals surface area contributed by atoms with Gasteiger partial charge in [-0.1, -0.05) is 6.92 Å². The molecule has 0 radical (unpaired) electrons. The Bertz CT molecular complexity index is 520. The summed E-state index contributed by atoms with van der Waals surface area (Å²) in [5.41, 5.74) is 2.70.